The van der Waals surface area contributed by atoms with Crippen molar-refractivity contribution in [3.8, 4) is 0 Å². The maximum Gasteiger partial charge on any atom is 0.252 e. The minimum atomic E-state index is -3.57. The average molecular weight is 431 g/mol. The maximum absolute atomic E-state index is 12.5. The molecule has 0 radical (unpaired) electrons. The second kappa shape index (κ2) is 9.14. The number of hydrogen-bond acceptors (Lipinski definition) is 3. The number of carbonyl (C=O) groups excluding carboxylic acids is 1. The standard InChI is InChI=1S/C18H27BrN2O3S/c1-3-5-6-13(4-2)12-20-18(22)16-11-15(9-10-17(16)19)25(23,24)21-14-7-8-14/h9-11,13-14,21H,3-8,12H2,1-2H3,(H,20,22)/t13-/m1/s1. The Bertz CT molecular complexity index is 702. The molecule has 0 spiro atoms. The molecule has 5 nitrogen and oxygen atoms in total. The van der Waals surface area contributed by atoms with E-state index in [2.05, 4.69) is 39.8 Å². The Labute approximate surface area is 159 Å². The summed E-state index contributed by atoms with van der Waals surface area (Å²) in [7, 11) is -3.57. The molecule has 0 aliphatic heterocycles. The van der Waals surface area contributed by atoms with Crippen molar-refractivity contribution in [2.75, 3.05) is 6.54 Å². The van der Waals surface area contributed by atoms with Crippen molar-refractivity contribution in [2.24, 2.45) is 5.92 Å². The number of sulfonamides is 1. The number of nitrogens with one attached hydrogen (secondary N) is 2. The zero-order valence-corrected chi connectivity index (χ0v) is 17.2. The smallest absolute Gasteiger partial charge is 0.252 e. The highest BCUT2D eigenvalue weighted by atomic mass is 79.9. The summed E-state index contributed by atoms with van der Waals surface area (Å²) in [5.74, 6) is 0.205. The molecular formula is C18H27BrN2O3S. The first-order valence-corrected chi connectivity index (χ1v) is 11.2. The molecule has 1 aromatic rings. The molecule has 0 saturated heterocycles. The Morgan fingerprint density at radius 1 is 1.32 bits per heavy atom. The van der Waals surface area contributed by atoms with Crippen LogP contribution in [0.5, 0.6) is 0 Å². The van der Waals surface area contributed by atoms with Gasteiger partial charge in [-0.25, -0.2) is 13.1 Å². The Morgan fingerprint density at radius 2 is 2.04 bits per heavy atom. The number of hydrogen-bond donors (Lipinski definition) is 2. The lowest BCUT2D eigenvalue weighted by Gasteiger charge is -2.16. The van der Waals surface area contributed by atoms with Crippen molar-refractivity contribution < 1.29 is 13.2 Å². The lowest BCUT2D eigenvalue weighted by molar-refractivity contribution is 0.0945. The third-order valence-electron chi connectivity index (χ3n) is 4.49. The fourth-order valence-corrected chi connectivity index (χ4v) is 4.37. The van der Waals surface area contributed by atoms with Crippen LogP contribution in [-0.4, -0.2) is 26.9 Å². The zero-order chi connectivity index (χ0) is 18.4. The molecule has 1 atom stereocenters. The number of halogens is 1. The number of unbranched alkanes of at least 4 members (excludes halogenated alkanes) is 1. The van der Waals surface area contributed by atoms with Crippen molar-refractivity contribution in [3.05, 3.63) is 28.2 Å². The van der Waals surface area contributed by atoms with E-state index in [1.807, 2.05) is 0 Å². The van der Waals surface area contributed by atoms with Gasteiger partial charge in [-0.1, -0.05) is 33.1 Å². The van der Waals surface area contributed by atoms with Crippen molar-refractivity contribution in [1.82, 2.24) is 10.0 Å². The average Bonchev–Trinajstić information content (AvgIpc) is 3.38. The predicted molar refractivity (Wildman–Crippen MR) is 103 cm³/mol. The summed E-state index contributed by atoms with van der Waals surface area (Å²) >= 11 is 3.35. The molecule has 7 heteroatoms. The van der Waals surface area contributed by atoms with Crippen LogP contribution < -0.4 is 10.0 Å². The molecule has 1 saturated carbocycles. The van der Waals surface area contributed by atoms with Crippen molar-refractivity contribution in [1.29, 1.82) is 0 Å². The Hall–Kier alpha value is -0.920. The molecule has 0 heterocycles. The van der Waals surface area contributed by atoms with Crippen LogP contribution in [0.1, 0.15) is 62.7 Å². The summed E-state index contributed by atoms with van der Waals surface area (Å²) in [5, 5.41) is 2.95. The summed E-state index contributed by atoms with van der Waals surface area (Å²) in [6, 6.07) is 4.61. The number of benzene rings is 1. The van der Waals surface area contributed by atoms with Crippen LogP contribution in [0, 0.1) is 5.92 Å². The van der Waals surface area contributed by atoms with Gasteiger partial charge in [0.05, 0.1) is 10.5 Å². The molecular weight excluding hydrogens is 404 g/mol. The highest BCUT2D eigenvalue weighted by Crippen LogP contribution is 2.25. The molecule has 1 aromatic carbocycles. The first-order valence-electron chi connectivity index (χ1n) is 8.97. The van der Waals surface area contributed by atoms with E-state index in [9.17, 15) is 13.2 Å². The van der Waals surface area contributed by atoms with E-state index >= 15 is 0 Å². The third-order valence-corrected chi connectivity index (χ3v) is 6.70. The minimum Gasteiger partial charge on any atom is -0.352 e. The van der Waals surface area contributed by atoms with Crippen molar-refractivity contribution in [2.45, 2.75) is 63.3 Å². The topological polar surface area (TPSA) is 75.3 Å². The van der Waals surface area contributed by atoms with E-state index in [0.29, 0.717) is 22.5 Å². The van der Waals surface area contributed by atoms with Gasteiger partial charge in [0.15, 0.2) is 0 Å². The van der Waals surface area contributed by atoms with Gasteiger partial charge >= 0.3 is 0 Å². The van der Waals surface area contributed by atoms with E-state index in [0.717, 1.165) is 38.5 Å². The highest BCUT2D eigenvalue weighted by Gasteiger charge is 2.28. The Balaban J connectivity index is 2.06. The molecule has 1 aliphatic carbocycles. The largest absolute Gasteiger partial charge is 0.352 e. The van der Waals surface area contributed by atoms with Crippen molar-refractivity contribution >= 4 is 31.9 Å². The lowest BCUT2D eigenvalue weighted by Crippen LogP contribution is -2.30. The quantitative estimate of drug-likeness (QED) is 0.591. The fraction of sp³-hybridized carbons (Fsp3) is 0.611. The monoisotopic (exact) mass is 430 g/mol. The summed E-state index contributed by atoms with van der Waals surface area (Å²) < 4.78 is 27.9. The number of carbonyl (C=O) groups is 1. The molecule has 2 rings (SSSR count). The van der Waals surface area contributed by atoms with Crippen LogP contribution in [0.2, 0.25) is 0 Å². The van der Waals surface area contributed by atoms with E-state index in [1.54, 1.807) is 6.07 Å². The molecule has 25 heavy (non-hydrogen) atoms. The molecule has 0 unspecified atom stereocenters. The Morgan fingerprint density at radius 3 is 2.64 bits per heavy atom. The van der Waals surface area contributed by atoms with Crippen LogP contribution in [-0.2, 0) is 10.0 Å². The summed E-state index contributed by atoms with van der Waals surface area (Å²) in [5.41, 5.74) is 0.351. The fourth-order valence-electron chi connectivity index (χ4n) is 2.61. The Kier molecular flexibility index (Phi) is 7.46. The van der Waals surface area contributed by atoms with Gasteiger partial charge in [0, 0.05) is 17.1 Å². The second-order valence-electron chi connectivity index (χ2n) is 6.66. The molecule has 1 amide bonds. The first-order chi connectivity index (χ1) is 11.9. The van der Waals surface area contributed by atoms with Crippen LogP contribution in [0.15, 0.2) is 27.6 Å². The lowest BCUT2D eigenvalue weighted by atomic mass is 9.99. The second-order valence-corrected chi connectivity index (χ2v) is 9.23. The zero-order valence-electron chi connectivity index (χ0n) is 14.8. The van der Waals surface area contributed by atoms with Gasteiger partial charge in [-0.2, -0.15) is 0 Å². The van der Waals surface area contributed by atoms with Crippen LogP contribution in [0.4, 0.5) is 0 Å². The van der Waals surface area contributed by atoms with E-state index < -0.39 is 10.0 Å². The van der Waals surface area contributed by atoms with E-state index in [-0.39, 0.29) is 16.8 Å². The number of amides is 1. The maximum atomic E-state index is 12.5. The minimum absolute atomic E-state index is 0.0369. The molecule has 1 aliphatic rings. The molecule has 140 valence electrons. The highest BCUT2D eigenvalue weighted by molar-refractivity contribution is 9.10. The van der Waals surface area contributed by atoms with Crippen molar-refractivity contribution in [3.63, 3.8) is 0 Å². The van der Waals surface area contributed by atoms with Gasteiger partial charge in [0.1, 0.15) is 0 Å². The van der Waals surface area contributed by atoms with Crippen LogP contribution in [0.25, 0.3) is 0 Å². The van der Waals surface area contributed by atoms with Crippen LogP contribution >= 0.6 is 15.9 Å². The molecule has 2 N–H and O–H groups in total. The summed E-state index contributed by atoms with van der Waals surface area (Å²) in [6.07, 6.45) is 6.15. The van der Waals surface area contributed by atoms with Gasteiger partial charge in [-0.3, -0.25) is 4.79 Å². The SMILES string of the molecule is CCCC[C@@H](CC)CNC(=O)c1cc(S(=O)(=O)NC2CC2)ccc1Br. The third kappa shape index (κ3) is 6.08. The number of rotatable bonds is 10. The predicted octanol–water partition coefficient (Wildman–Crippen LogP) is 3.84. The first kappa shape index (κ1) is 20.4. The van der Waals surface area contributed by atoms with Gasteiger partial charge in [-0.05, 0) is 59.3 Å². The van der Waals surface area contributed by atoms with Crippen LogP contribution in [0.3, 0.4) is 0 Å². The van der Waals surface area contributed by atoms with Gasteiger partial charge in [0.2, 0.25) is 10.0 Å². The van der Waals surface area contributed by atoms with Gasteiger partial charge < -0.3 is 5.32 Å². The summed E-state index contributed by atoms with van der Waals surface area (Å²) in [4.78, 5) is 12.6. The van der Waals surface area contributed by atoms with Gasteiger partial charge in [-0.15, -0.1) is 0 Å². The van der Waals surface area contributed by atoms with Gasteiger partial charge in [0.25, 0.3) is 5.91 Å². The van der Waals surface area contributed by atoms with E-state index in [1.165, 1.54) is 12.1 Å². The molecule has 0 bridgehead atoms. The summed E-state index contributed by atoms with van der Waals surface area (Å²) in [6.45, 7) is 4.89. The normalized spacial score (nSPS) is 15.8. The molecule has 0 aromatic heterocycles. The van der Waals surface area contributed by atoms with E-state index in [4.69, 9.17) is 0 Å². The molecule has 1 fully saturated rings.